The van der Waals surface area contributed by atoms with Crippen molar-refractivity contribution in [2.45, 2.75) is 18.6 Å². The standard InChI is InChI=1S/C7H14F3NO2/c1-12-2-3-13-5-6(11)4-7(8,9)10/h6H,2-5,11H2,1H3. The Morgan fingerprint density at radius 1 is 1.31 bits per heavy atom. The molecule has 3 nitrogen and oxygen atoms in total. The van der Waals surface area contributed by atoms with E-state index in [1.807, 2.05) is 0 Å². The summed E-state index contributed by atoms with van der Waals surface area (Å²) in [4.78, 5) is 0. The van der Waals surface area contributed by atoms with E-state index < -0.39 is 18.6 Å². The highest BCUT2D eigenvalue weighted by atomic mass is 19.4. The van der Waals surface area contributed by atoms with Gasteiger partial charge in [0.2, 0.25) is 0 Å². The Kier molecular flexibility index (Phi) is 6.02. The van der Waals surface area contributed by atoms with Crippen LogP contribution in [0.3, 0.4) is 0 Å². The first-order valence-corrected chi connectivity index (χ1v) is 3.84. The van der Waals surface area contributed by atoms with Gasteiger partial charge in [-0.1, -0.05) is 0 Å². The molecule has 80 valence electrons. The molecule has 0 heterocycles. The van der Waals surface area contributed by atoms with Crippen LogP contribution in [-0.4, -0.2) is 39.1 Å². The molecule has 0 saturated heterocycles. The fourth-order valence-corrected chi connectivity index (χ4v) is 0.733. The molecule has 1 atom stereocenters. The topological polar surface area (TPSA) is 44.5 Å². The van der Waals surface area contributed by atoms with Gasteiger partial charge in [-0.2, -0.15) is 13.2 Å². The minimum Gasteiger partial charge on any atom is -0.382 e. The van der Waals surface area contributed by atoms with Crippen LogP contribution in [0.1, 0.15) is 6.42 Å². The summed E-state index contributed by atoms with van der Waals surface area (Å²) >= 11 is 0. The fraction of sp³-hybridized carbons (Fsp3) is 1.00. The van der Waals surface area contributed by atoms with E-state index in [1.165, 1.54) is 7.11 Å². The van der Waals surface area contributed by atoms with Crippen molar-refractivity contribution in [2.75, 3.05) is 26.9 Å². The molecular weight excluding hydrogens is 187 g/mol. The summed E-state index contributed by atoms with van der Waals surface area (Å²) in [6.45, 7) is 0.531. The van der Waals surface area contributed by atoms with Crippen LogP contribution in [0.2, 0.25) is 0 Å². The number of hydrogen-bond donors (Lipinski definition) is 1. The molecule has 0 aromatic rings. The predicted octanol–water partition coefficient (Wildman–Crippen LogP) is 0.929. The molecule has 0 spiro atoms. The molecule has 0 radical (unpaired) electrons. The second-order valence-corrected chi connectivity index (χ2v) is 2.65. The summed E-state index contributed by atoms with van der Waals surface area (Å²) in [6.07, 6.45) is -5.23. The monoisotopic (exact) mass is 201 g/mol. The summed E-state index contributed by atoms with van der Waals surface area (Å²) in [5, 5.41) is 0. The second-order valence-electron chi connectivity index (χ2n) is 2.65. The Hall–Kier alpha value is -0.330. The van der Waals surface area contributed by atoms with Crippen LogP contribution in [0.4, 0.5) is 13.2 Å². The van der Waals surface area contributed by atoms with Crippen molar-refractivity contribution in [2.24, 2.45) is 5.73 Å². The largest absolute Gasteiger partial charge is 0.390 e. The van der Waals surface area contributed by atoms with Gasteiger partial charge in [0.05, 0.1) is 26.2 Å². The maximum absolute atomic E-state index is 11.7. The summed E-state index contributed by atoms with van der Waals surface area (Å²) < 4.78 is 44.6. The molecule has 0 aliphatic carbocycles. The normalized spacial score (nSPS) is 14.5. The van der Waals surface area contributed by atoms with Gasteiger partial charge in [-0.3, -0.25) is 0 Å². The third-order valence-corrected chi connectivity index (χ3v) is 1.26. The number of hydrogen-bond acceptors (Lipinski definition) is 3. The number of halogens is 3. The van der Waals surface area contributed by atoms with Crippen molar-refractivity contribution < 1.29 is 22.6 Å². The lowest BCUT2D eigenvalue weighted by atomic mass is 10.2. The Bertz CT molecular complexity index is 129. The van der Waals surface area contributed by atoms with Crippen LogP contribution < -0.4 is 5.73 Å². The highest BCUT2D eigenvalue weighted by Crippen LogP contribution is 2.20. The van der Waals surface area contributed by atoms with Crippen LogP contribution in [0.5, 0.6) is 0 Å². The molecule has 0 aliphatic rings. The lowest BCUT2D eigenvalue weighted by molar-refractivity contribution is -0.141. The number of methoxy groups -OCH3 is 1. The van der Waals surface area contributed by atoms with Gasteiger partial charge < -0.3 is 15.2 Å². The molecule has 0 saturated carbocycles. The van der Waals surface area contributed by atoms with E-state index in [9.17, 15) is 13.2 Å². The van der Waals surface area contributed by atoms with Crippen molar-refractivity contribution in [3.05, 3.63) is 0 Å². The zero-order valence-electron chi connectivity index (χ0n) is 7.43. The third kappa shape index (κ3) is 9.59. The first-order valence-electron chi connectivity index (χ1n) is 3.84. The Labute approximate surface area is 75.0 Å². The van der Waals surface area contributed by atoms with E-state index in [-0.39, 0.29) is 13.2 Å². The van der Waals surface area contributed by atoms with Gasteiger partial charge in [0.1, 0.15) is 0 Å². The highest BCUT2D eigenvalue weighted by Gasteiger charge is 2.30. The Balaban J connectivity index is 3.35. The van der Waals surface area contributed by atoms with Gasteiger partial charge in [0.15, 0.2) is 0 Å². The molecular formula is C7H14F3NO2. The predicted molar refractivity (Wildman–Crippen MR) is 41.3 cm³/mol. The summed E-state index contributed by atoms with van der Waals surface area (Å²) in [7, 11) is 1.49. The SMILES string of the molecule is COCCOCC(N)CC(F)(F)F. The Morgan fingerprint density at radius 2 is 1.92 bits per heavy atom. The molecule has 0 aromatic heterocycles. The van der Waals surface area contributed by atoms with E-state index in [1.54, 1.807) is 0 Å². The van der Waals surface area contributed by atoms with Crippen LogP contribution >= 0.6 is 0 Å². The van der Waals surface area contributed by atoms with Gasteiger partial charge in [-0.05, 0) is 0 Å². The number of nitrogens with two attached hydrogens (primary N) is 1. The zero-order valence-corrected chi connectivity index (χ0v) is 7.43. The van der Waals surface area contributed by atoms with Gasteiger partial charge in [-0.25, -0.2) is 0 Å². The van der Waals surface area contributed by atoms with E-state index in [2.05, 4.69) is 4.74 Å². The lowest BCUT2D eigenvalue weighted by Crippen LogP contribution is -2.32. The highest BCUT2D eigenvalue weighted by molar-refractivity contribution is 4.65. The fourth-order valence-electron chi connectivity index (χ4n) is 0.733. The molecule has 6 heteroatoms. The van der Waals surface area contributed by atoms with Gasteiger partial charge in [0, 0.05) is 13.2 Å². The smallest absolute Gasteiger partial charge is 0.382 e. The summed E-state index contributed by atoms with van der Waals surface area (Å²) in [5.74, 6) is 0. The summed E-state index contributed by atoms with van der Waals surface area (Å²) in [5.41, 5.74) is 5.16. The van der Waals surface area contributed by atoms with Crippen molar-refractivity contribution in [1.29, 1.82) is 0 Å². The minimum atomic E-state index is -4.22. The molecule has 0 amide bonds. The first-order chi connectivity index (χ1) is 5.95. The molecule has 2 N–H and O–H groups in total. The van der Waals surface area contributed by atoms with Crippen LogP contribution in [0.15, 0.2) is 0 Å². The average Bonchev–Trinajstić information content (AvgIpc) is 1.94. The van der Waals surface area contributed by atoms with Crippen LogP contribution in [-0.2, 0) is 9.47 Å². The number of alkyl halides is 3. The van der Waals surface area contributed by atoms with E-state index in [4.69, 9.17) is 10.5 Å². The van der Waals surface area contributed by atoms with Crippen LogP contribution in [0, 0.1) is 0 Å². The molecule has 0 rings (SSSR count). The first kappa shape index (κ1) is 12.7. The van der Waals surface area contributed by atoms with Crippen molar-refractivity contribution in [3.8, 4) is 0 Å². The van der Waals surface area contributed by atoms with E-state index >= 15 is 0 Å². The molecule has 1 unspecified atom stereocenters. The minimum absolute atomic E-state index is 0.0944. The number of rotatable bonds is 6. The maximum atomic E-state index is 11.7. The van der Waals surface area contributed by atoms with Crippen molar-refractivity contribution in [3.63, 3.8) is 0 Å². The van der Waals surface area contributed by atoms with Crippen molar-refractivity contribution >= 4 is 0 Å². The Morgan fingerprint density at radius 3 is 2.38 bits per heavy atom. The van der Waals surface area contributed by atoms with Crippen LogP contribution in [0.25, 0.3) is 0 Å². The molecule has 0 aliphatic heterocycles. The molecule has 0 fully saturated rings. The zero-order chi connectivity index (χ0) is 10.3. The van der Waals surface area contributed by atoms with Gasteiger partial charge in [-0.15, -0.1) is 0 Å². The van der Waals surface area contributed by atoms with Gasteiger partial charge in [0.25, 0.3) is 0 Å². The van der Waals surface area contributed by atoms with E-state index in [0.717, 1.165) is 0 Å². The lowest BCUT2D eigenvalue weighted by Gasteiger charge is -2.13. The maximum Gasteiger partial charge on any atom is 0.390 e. The van der Waals surface area contributed by atoms with E-state index in [0.29, 0.717) is 6.61 Å². The number of ether oxygens (including phenoxy) is 2. The van der Waals surface area contributed by atoms with Gasteiger partial charge >= 0.3 is 6.18 Å². The summed E-state index contributed by atoms with van der Waals surface area (Å²) in [6, 6.07) is -0.989. The molecule has 0 bridgehead atoms. The van der Waals surface area contributed by atoms with Crippen molar-refractivity contribution in [1.82, 2.24) is 0 Å². The molecule has 0 aromatic carbocycles. The molecule has 13 heavy (non-hydrogen) atoms. The quantitative estimate of drug-likeness (QED) is 0.650. The third-order valence-electron chi connectivity index (χ3n) is 1.26. The second kappa shape index (κ2) is 6.17. The average molecular weight is 201 g/mol.